The van der Waals surface area contributed by atoms with Crippen molar-refractivity contribution >= 4 is 17.5 Å². The van der Waals surface area contributed by atoms with Crippen LogP contribution >= 0.6 is 11.6 Å². The van der Waals surface area contributed by atoms with Gasteiger partial charge in [-0.15, -0.1) is 0 Å². The highest BCUT2D eigenvalue weighted by Crippen LogP contribution is 2.29. The van der Waals surface area contributed by atoms with Crippen LogP contribution in [0.4, 0.5) is 0 Å². The minimum atomic E-state index is -0.115. The Labute approximate surface area is 191 Å². The maximum absolute atomic E-state index is 12.3. The number of amides is 1. The number of piperidine rings is 1. The van der Waals surface area contributed by atoms with E-state index in [0.717, 1.165) is 39.0 Å². The van der Waals surface area contributed by atoms with Gasteiger partial charge in [0.05, 0.1) is 5.02 Å². The number of halogens is 1. The molecule has 1 amide bonds. The van der Waals surface area contributed by atoms with Crippen LogP contribution in [0.2, 0.25) is 5.02 Å². The molecular weight excluding hydrogens is 410 g/mol. The number of ether oxygens (including phenoxy) is 1. The summed E-state index contributed by atoms with van der Waals surface area (Å²) < 4.78 is 6.17. The van der Waals surface area contributed by atoms with Gasteiger partial charge in [-0.1, -0.05) is 48.9 Å². The van der Waals surface area contributed by atoms with Crippen molar-refractivity contribution < 1.29 is 9.53 Å². The number of rotatable bonds is 9. The molecule has 6 heteroatoms. The molecule has 1 aliphatic heterocycles. The minimum Gasteiger partial charge on any atom is -0.489 e. The van der Waals surface area contributed by atoms with Crippen molar-refractivity contribution in [1.82, 2.24) is 15.1 Å². The molecule has 0 aromatic heterocycles. The normalized spacial score (nSPS) is 16.3. The van der Waals surface area contributed by atoms with Gasteiger partial charge in [0, 0.05) is 38.3 Å². The lowest BCUT2D eigenvalue weighted by Gasteiger charge is -2.34. The summed E-state index contributed by atoms with van der Waals surface area (Å²) in [6.45, 7) is 6.79. The number of carbonyl (C=O) groups excluding carboxylic acids is 1. The zero-order chi connectivity index (χ0) is 22.2. The molecule has 0 radical (unpaired) electrons. The third kappa shape index (κ3) is 7.23. The van der Waals surface area contributed by atoms with Crippen molar-refractivity contribution in [2.75, 3.05) is 46.8 Å². The Morgan fingerprint density at radius 3 is 2.55 bits per heavy atom. The predicted molar refractivity (Wildman–Crippen MR) is 127 cm³/mol. The summed E-state index contributed by atoms with van der Waals surface area (Å²) in [6, 6.07) is 16.0. The molecule has 31 heavy (non-hydrogen) atoms. The quantitative estimate of drug-likeness (QED) is 0.628. The lowest BCUT2D eigenvalue weighted by molar-refractivity contribution is 0.0949. The third-order valence-electron chi connectivity index (χ3n) is 5.77. The van der Waals surface area contributed by atoms with Crippen molar-refractivity contribution in [2.24, 2.45) is 0 Å². The first-order chi connectivity index (χ1) is 14.9. The van der Waals surface area contributed by atoms with Gasteiger partial charge in [0.2, 0.25) is 0 Å². The van der Waals surface area contributed by atoms with Gasteiger partial charge in [0.1, 0.15) is 11.9 Å². The van der Waals surface area contributed by atoms with E-state index in [-0.39, 0.29) is 12.0 Å². The Kier molecular flexibility index (Phi) is 8.76. The maximum Gasteiger partial charge on any atom is 0.251 e. The zero-order valence-electron chi connectivity index (χ0n) is 18.8. The number of nitrogens with one attached hydrogen (secondary N) is 1. The standard InChI is InChI=1S/C25H34ClN3O2/c1-19(20-7-5-4-6-8-20)18-29-14-11-22(12-15-29)31-24-10-9-21(17-23(24)26)25(30)27-13-16-28(2)3/h4-10,17,19,22H,11-16,18H2,1-3H3,(H,27,30)/t19-/m1/s1. The number of hydrogen-bond acceptors (Lipinski definition) is 4. The fourth-order valence-electron chi connectivity index (χ4n) is 3.90. The van der Waals surface area contributed by atoms with Crippen LogP contribution in [0.5, 0.6) is 5.75 Å². The first-order valence-electron chi connectivity index (χ1n) is 11.1. The average Bonchev–Trinajstić information content (AvgIpc) is 2.76. The monoisotopic (exact) mass is 443 g/mol. The van der Waals surface area contributed by atoms with E-state index in [4.69, 9.17) is 16.3 Å². The number of likely N-dealkylation sites (tertiary alicyclic amines) is 1. The molecular formula is C25H34ClN3O2. The second-order valence-corrected chi connectivity index (χ2v) is 9.04. The number of benzene rings is 2. The number of likely N-dealkylation sites (N-methyl/N-ethyl adjacent to an activating group) is 1. The SMILES string of the molecule is C[C@H](CN1CCC(Oc2ccc(C(=O)NCCN(C)C)cc2Cl)CC1)c1ccccc1. The fourth-order valence-corrected chi connectivity index (χ4v) is 4.12. The molecule has 1 atom stereocenters. The zero-order valence-corrected chi connectivity index (χ0v) is 19.6. The van der Waals surface area contributed by atoms with Gasteiger partial charge in [0.25, 0.3) is 5.91 Å². The highest BCUT2D eigenvalue weighted by atomic mass is 35.5. The predicted octanol–water partition coefficient (Wildman–Crippen LogP) is 4.28. The van der Waals surface area contributed by atoms with Gasteiger partial charge in [0.15, 0.2) is 0 Å². The van der Waals surface area contributed by atoms with Crippen LogP contribution in [0.15, 0.2) is 48.5 Å². The van der Waals surface area contributed by atoms with Crippen LogP contribution in [0.3, 0.4) is 0 Å². The molecule has 0 spiro atoms. The molecule has 0 unspecified atom stereocenters. The summed E-state index contributed by atoms with van der Waals surface area (Å²) in [6.07, 6.45) is 2.11. The van der Waals surface area contributed by atoms with Crippen molar-refractivity contribution in [1.29, 1.82) is 0 Å². The van der Waals surface area contributed by atoms with Crippen molar-refractivity contribution in [3.05, 3.63) is 64.7 Å². The highest BCUT2D eigenvalue weighted by molar-refractivity contribution is 6.32. The summed E-state index contributed by atoms with van der Waals surface area (Å²) >= 11 is 6.42. The number of nitrogens with zero attached hydrogens (tertiary/aromatic N) is 2. The molecule has 1 saturated heterocycles. The molecule has 0 saturated carbocycles. The van der Waals surface area contributed by atoms with Gasteiger partial charge in [-0.25, -0.2) is 0 Å². The third-order valence-corrected chi connectivity index (χ3v) is 6.06. The number of hydrogen-bond donors (Lipinski definition) is 1. The van der Waals surface area contributed by atoms with E-state index in [1.807, 2.05) is 25.1 Å². The molecule has 1 aliphatic rings. The van der Waals surface area contributed by atoms with E-state index in [2.05, 4.69) is 47.5 Å². The second kappa shape index (κ2) is 11.5. The van der Waals surface area contributed by atoms with Crippen molar-refractivity contribution in [3.8, 4) is 5.75 Å². The Balaban J connectivity index is 1.46. The van der Waals surface area contributed by atoms with Crippen molar-refractivity contribution in [3.63, 3.8) is 0 Å². The summed E-state index contributed by atoms with van der Waals surface area (Å²) in [4.78, 5) is 16.8. The highest BCUT2D eigenvalue weighted by Gasteiger charge is 2.23. The van der Waals surface area contributed by atoms with E-state index in [1.54, 1.807) is 12.1 Å². The molecule has 0 aliphatic carbocycles. The van der Waals surface area contributed by atoms with Crippen LogP contribution in [0.25, 0.3) is 0 Å². The smallest absolute Gasteiger partial charge is 0.251 e. The largest absolute Gasteiger partial charge is 0.489 e. The van der Waals surface area contributed by atoms with Crippen molar-refractivity contribution in [2.45, 2.75) is 31.8 Å². The van der Waals surface area contributed by atoms with E-state index >= 15 is 0 Å². The van der Waals surface area contributed by atoms with Gasteiger partial charge >= 0.3 is 0 Å². The average molecular weight is 444 g/mol. The molecule has 5 nitrogen and oxygen atoms in total. The van der Waals surface area contributed by atoms with E-state index in [1.165, 1.54) is 5.56 Å². The van der Waals surface area contributed by atoms with Crippen LogP contribution in [0, 0.1) is 0 Å². The molecule has 2 aromatic carbocycles. The molecule has 2 aromatic rings. The van der Waals surface area contributed by atoms with Crippen LogP contribution in [-0.4, -0.2) is 68.6 Å². The molecule has 1 N–H and O–H groups in total. The fraction of sp³-hybridized carbons (Fsp3) is 0.480. The summed E-state index contributed by atoms with van der Waals surface area (Å²) in [5.74, 6) is 1.06. The summed E-state index contributed by atoms with van der Waals surface area (Å²) in [7, 11) is 3.95. The molecule has 3 rings (SSSR count). The lowest BCUT2D eigenvalue weighted by atomic mass is 9.99. The maximum atomic E-state index is 12.3. The van der Waals surface area contributed by atoms with E-state index in [0.29, 0.717) is 28.8 Å². The first kappa shape index (κ1) is 23.6. The lowest BCUT2D eigenvalue weighted by Crippen LogP contribution is -2.40. The van der Waals surface area contributed by atoms with Crippen LogP contribution in [0.1, 0.15) is 41.6 Å². The second-order valence-electron chi connectivity index (χ2n) is 8.63. The van der Waals surface area contributed by atoms with Gasteiger partial charge in [-0.2, -0.15) is 0 Å². The van der Waals surface area contributed by atoms with E-state index in [9.17, 15) is 4.79 Å². The van der Waals surface area contributed by atoms with Crippen LogP contribution in [-0.2, 0) is 0 Å². The van der Waals surface area contributed by atoms with Gasteiger partial charge < -0.3 is 19.9 Å². The summed E-state index contributed by atoms with van der Waals surface area (Å²) in [5.41, 5.74) is 1.94. The Morgan fingerprint density at radius 1 is 1.19 bits per heavy atom. The Bertz CT molecular complexity index is 836. The van der Waals surface area contributed by atoms with Crippen LogP contribution < -0.4 is 10.1 Å². The molecule has 168 valence electrons. The molecule has 1 fully saturated rings. The Hall–Kier alpha value is -2.08. The minimum absolute atomic E-state index is 0.115. The summed E-state index contributed by atoms with van der Waals surface area (Å²) in [5, 5.41) is 3.39. The Morgan fingerprint density at radius 2 is 1.90 bits per heavy atom. The molecule has 0 bridgehead atoms. The molecule has 1 heterocycles. The van der Waals surface area contributed by atoms with E-state index < -0.39 is 0 Å². The number of carbonyl (C=O) groups is 1. The topological polar surface area (TPSA) is 44.8 Å². The van der Waals surface area contributed by atoms with Gasteiger partial charge in [-0.05, 0) is 56.6 Å². The first-order valence-corrected chi connectivity index (χ1v) is 11.5. The van der Waals surface area contributed by atoms with Gasteiger partial charge in [-0.3, -0.25) is 4.79 Å².